The van der Waals surface area contributed by atoms with Crippen molar-refractivity contribution >= 4 is 0 Å². The summed E-state index contributed by atoms with van der Waals surface area (Å²) in [5.41, 5.74) is -0.127. The highest BCUT2D eigenvalue weighted by Gasteiger charge is 2.19. The maximum Gasteiger partial charge on any atom is 0.0610 e. The molecule has 0 bridgehead atoms. The molecule has 0 saturated heterocycles. The zero-order valence-electron chi connectivity index (χ0n) is 12.1. The highest BCUT2D eigenvalue weighted by molar-refractivity contribution is 4.79. The van der Waals surface area contributed by atoms with Gasteiger partial charge in [-0.25, -0.2) is 0 Å². The van der Waals surface area contributed by atoms with E-state index in [9.17, 15) is 5.11 Å². The minimum absolute atomic E-state index is 0.127. The van der Waals surface area contributed by atoms with E-state index in [1.165, 1.54) is 12.8 Å². The van der Waals surface area contributed by atoms with Gasteiger partial charge in [-0.2, -0.15) is 0 Å². The minimum Gasteiger partial charge on any atom is -0.394 e. The Morgan fingerprint density at radius 1 is 1.18 bits per heavy atom. The quantitative estimate of drug-likeness (QED) is 0.550. The van der Waals surface area contributed by atoms with Gasteiger partial charge in [0.1, 0.15) is 0 Å². The predicted molar refractivity (Wildman–Crippen MR) is 73.3 cm³/mol. The molecule has 0 amide bonds. The molecule has 0 aliphatic carbocycles. The van der Waals surface area contributed by atoms with Gasteiger partial charge in [0.25, 0.3) is 0 Å². The molecule has 3 heteroatoms. The maximum absolute atomic E-state index is 9.22. The largest absolute Gasteiger partial charge is 0.394 e. The van der Waals surface area contributed by atoms with Crippen molar-refractivity contribution in [3.8, 4) is 0 Å². The molecule has 0 fully saturated rings. The zero-order chi connectivity index (χ0) is 13.1. The van der Waals surface area contributed by atoms with Crippen molar-refractivity contribution in [3.63, 3.8) is 0 Å². The molecule has 0 rings (SSSR count). The molecule has 3 nitrogen and oxygen atoms in total. The van der Waals surface area contributed by atoms with Crippen LogP contribution >= 0.6 is 0 Å². The molecule has 1 unspecified atom stereocenters. The molecule has 1 atom stereocenters. The van der Waals surface area contributed by atoms with Gasteiger partial charge < -0.3 is 15.2 Å². The lowest BCUT2D eigenvalue weighted by Gasteiger charge is -2.26. The summed E-state index contributed by atoms with van der Waals surface area (Å²) in [6.45, 7) is 8.47. The number of ether oxygens (including phenoxy) is 1. The Hall–Kier alpha value is -0.120. The van der Waals surface area contributed by atoms with Crippen LogP contribution in [-0.4, -0.2) is 37.5 Å². The van der Waals surface area contributed by atoms with Crippen LogP contribution in [0.1, 0.15) is 52.9 Å². The second-order valence-electron chi connectivity index (χ2n) is 5.57. The topological polar surface area (TPSA) is 41.5 Å². The van der Waals surface area contributed by atoms with Gasteiger partial charge >= 0.3 is 0 Å². The first kappa shape index (κ1) is 16.9. The molecule has 0 aromatic heterocycles. The van der Waals surface area contributed by atoms with Crippen molar-refractivity contribution in [3.05, 3.63) is 0 Å². The molecule has 104 valence electrons. The zero-order valence-corrected chi connectivity index (χ0v) is 12.1. The van der Waals surface area contributed by atoms with Crippen molar-refractivity contribution < 1.29 is 9.84 Å². The van der Waals surface area contributed by atoms with E-state index in [4.69, 9.17) is 4.74 Å². The van der Waals surface area contributed by atoms with Gasteiger partial charge in [-0.05, 0) is 52.0 Å². The second-order valence-corrected chi connectivity index (χ2v) is 5.57. The second kappa shape index (κ2) is 9.86. The van der Waals surface area contributed by atoms with Gasteiger partial charge in [0.2, 0.25) is 0 Å². The van der Waals surface area contributed by atoms with Crippen molar-refractivity contribution in [2.75, 3.05) is 26.9 Å². The van der Waals surface area contributed by atoms with Gasteiger partial charge in [0.05, 0.1) is 6.61 Å². The van der Waals surface area contributed by atoms with E-state index in [0.717, 1.165) is 38.4 Å². The Kier molecular flexibility index (Phi) is 9.79. The summed E-state index contributed by atoms with van der Waals surface area (Å²) in [5.74, 6) is 0.777. The van der Waals surface area contributed by atoms with Crippen molar-refractivity contribution in [2.24, 2.45) is 5.92 Å². The van der Waals surface area contributed by atoms with Crippen LogP contribution in [0.15, 0.2) is 0 Å². The summed E-state index contributed by atoms with van der Waals surface area (Å²) in [7, 11) is 1.90. The van der Waals surface area contributed by atoms with E-state index >= 15 is 0 Å². The molecule has 17 heavy (non-hydrogen) atoms. The monoisotopic (exact) mass is 245 g/mol. The Balaban J connectivity index is 3.29. The van der Waals surface area contributed by atoms with Gasteiger partial charge in [-0.1, -0.05) is 13.8 Å². The number of aliphatic hydroxyl groups is 1. The van der Waals surface area contributed by atoms with Crippen LogP contribution in [0, 0.1) is 5.92 Å². The molecule has 2 N–H and O–H groups in total. The molecule has 0 radical (unpaired) electrons. The third kappa shape index (κ3) is 9.57. The van der Waals surface area contributed by atoms with E-state index in [2.05, 4.69) is 26.1 Å². The molecule has 0 aliphatic heterocycles. The average Bonchev–Trinajstić information content (AvgIpc) is 2.32. The van der Waals surface area contributed by atoms with Gasteiger partial charge in [0.15, 0.2) is 0 Å². The molecule has 0 aromatic carbocycles. The summed E-state index contributed by atoms with van der Waals surface area (Å²) in [4.78, 5) is 0. The highest BCUT2D eigenvalue weighted by atomic mass is 16.5. The molecule has 0 heterocycles. The van der Waals surface area contributed by atoms with E-state index in [1.54, 1.807) is 0 Å². The summed E-state index contributed by atoms with van der Waals surface area (Å²) >= 11 is 0. The van der Waals surface area contributed by atoms with Crippen LogP contribution in [-0.2, 0) is 4.74 Å². The number of likely N-dealkylation sites (N-methyl/N-ethyl adjacent to an activating group) is 1. The van der Waals surface area contributed by atoms with Gasteiger partial charge in [0, 0.05) is 18.8 Å². The fourth-order valence-corrected chi connectivity index (χ4v) is 1.70. The predicted octanol–water partition coefficient (Wildman–Crippen LogP) is 2.58. The van der Waals surface area contributed by atoms with Crippen molar-refractivity contribution in [1.82, 2.24) is 5.32 Å². The lowest BCUT2D eigenvalue weighted by molar-refractivity contribution is 0.118. The van der Waals surface area contributed by atoms with E-state index < -0.39 is 0 Å². The van der Waals surface area contributed by atoms with Crippen LogP contribution in [0.4, 0.5) is 0 Å². The average molecular weight is 245 g/mol. The Labute approximate surface area is 107 Å². The number of hydrogen-bond acceptors (Lipinski definition) is 3. The van der Waals surface area contributed by atoms with Crippen LogP contribution in [0.3, 0.4) is 0 Å². The molecular weight excluding hydrogens is 214 g/mol. The Morgan fingerprint density at radius 3 is 2.35 bits per heavy atom. The van der Waals surface area contributed by atoms with E-state index in [-0.39, 0.29) is 12.1 Å². The number of rotatable bonds is 11. The number of nitrogens with one attached hydrogen (secondary N) is 1. The van der Waals surface area contributed by atoms with Crippen LogP contribution in [0.5, 0.6) is 0 Å². The van der Waals surface area contributed by atoms with Gasteiger partial charge in [-0.3, -0.25) is 0 Å². The maximum atomic E-state index is 9.22. The molecule has 0 aromatic rings. The summed E-state index contributed by atoms with van der Waals surface area (Å²) in [6.07, 6.45) is 5.60. The molecular formula is C14H31NO2. The third-order valence-electron chi connectivity index (χ3n) is 3.29. The number of hydrogen-bond donors (Lipinski definition) is 2. The first-order valence-corrected chi connectivity index (χ1v) is 6.91. The SMILES string of the molecule is CNC(C)(CO)CCCCOCCCC(C)C. The molecule has 0 saturated carbocycles. The first-order valence-electron chi connectivity index (χ1n) is 6.91. The van der Waals surface area contributed by atoms with Crippen LogP contribution in [0.2, 0.25) is 0 Å². The standard InChI is InChI=1S/C14H31NO2/c1-13(2)8-7-11-17-10-6-5-9-14(3,12-16)15-4/h13,15-16H,5-12H2,1-4H3. The summed E-state index contributed by atoms with van der Waals surface area (Å²) in [5, 5.41) is 12.4. The van der Waals surface area contributed by atoms with E-state index in [1.807, 2.05) is 7.05 Å². The minimum atomic E-state index is -0.127. The third-order valence-corrected chi connectivity index (χ3v) is 3.29. The number of unbranched alkanes of at least 4 members (excludes halogenated alkanes) is 1. The number of aliphatic hydroxyl groups excluding tert-OH is 1. The molecule has 0 aliphatic rings. The van der Waals surface area contributed by atoms with Crippen LogP contribution < -0.4 is 5.32 Å². The lowest BCUT2D eigenvalue weighted by Crippen LogP contribution is -2.43. The molecule has 0 spiro atoms. The normalized spacial score (nSPS) is 15.2. The fraction of sp³-hybridized carbons (Fsp3) is 1.00. The van der Waals surface area contributed by atoms with E-state index in [0.29, 0.717) is 0 Å². The summed E-state index contributed by atoms with van der Waals surface area (Å²) in [6, 6.07) is 0. The fourth-order valence-electron chi connectivity index (χ4n) is 1.70. The van der Waals surface area contributed by atoms with Crippen LogP contribution in [0.25, 0.3) is 0 Å². The summed E-state index contributed by atoms with van der Waals surface area (Å²) < 4.78 is 5.58. The Bertz CT molecular complexity index is 168. The van der Waals surface area contributed by atoms with Crippen molar-refractivity contribution in [1.29, 1.82) is 0 Å². The Morgan fingerprint density at radius 2 is 1.82 bits per heavy atom. The smallest absolute Gasteiger partial charge is 0.0610 e. The van der Waals surface area contributed by atoms with Gasteiger partial charge in [-0.15, -0.1) is 0 Å². The van der Waals surface area contributed by atoms with Crippen molar-refractivity contribution in [2.45, 2.75) is 58.4 Å². The lowest BCUT2D eigenvalue weighted by atomic mass is 9.96. The highest BCUT2D eigenvalue weighted by Crippen LogP contribution is 2.12. The first-order chi connectivity index (χ1) is 8.04.